The lowest BCUT2D eigenvalue weighted by Gasteiger charge is -2.05. The maximum atomic E-state index is 12.2. The van der Waals surface area contributed by atoms with Gasteiger partial charge in [0.25, 0.3) is 5.91 Å². The van der Waals surface area contributed by atoms with E-state index >= 15 is 0 Å². The number of rotatable bonds is 5. The fraction of sp³-hybridized carbons (Fsp3) is 0.105. The summed E-state index contributed by atoms with van der Waals surface area (Å²) in [5, 5.41) is 8.18. The minimum atomic E-state index is -0.235. The van der Waals surface area contributed by atoms with Gasteiger partial charge in [-0.3, -0.25) is 9.48 Å². The fourth-order valence-electron chi connectivity index (χ4n) is 2.27. The highest BCUT2D eigenvalue weighted by Crippen LogP contribution is 2.07. The Hall–Kier alpha value is -3.21. The number of hydrogen-bond acceptors (Lipinski definition) is 3. The first kappa shape index (κ1) is 15.7. The second-order valence-corrected chi connectivity index (χ2v) is 5.51. The molecule has 24 heavy (non-hydrogen) atoms. The Kier molecular flexibility index (Phi) is 4.81. The summed E-state index contributed by atoms with van der Waals surface area (Å²) >= 11 is 0. The van der Waals surface area contributed by atoms with Gasteiger partial charge in [-0.25, -0.2) is 5.43 Å². The van der Waals surface area contributed by atoms with Crippen LogP contribution in [-0.4, -0.2) is 21.9 Å². The molecule has 0 bridgehead atoms. The summed E-state index contributed by atoms with van der Waals surface area (Å²) in [5.74, 6) is -0.235. The van der Waals surface area contributed by atoms with E-state index in [4.69, 9.17) is 0 Å². The van der Waals surface area contributed by atoms with Gasteiger partial charge >= 0.3 is 0 Å². The molecule has 1 amide bonds. The molecule has 0 aliphatic carbocycles. The number of hydrazone groups is 1. The Morgan fingerprint density at radius 3 is 2.79 bits per heavy atom. The van der Waals surface area contributed by atoms with Crippen LogP contribution in [0, 0.1) is 6.92 Å². The third-order valence-corrected chi connectivity index (χ3v) is 3.55. The minimum absolute atomic E-state index is 0.235. The van der Waals surface area contributed by atoms with E-state index in [9.17, 15) is 4.79 Å². The Morgan fingerprint density at radius 2 is 2.04 bits per heavy atom. The van der Waals surface area contributed by atoms with Crippen molar-refractivity contribution in [3.05, 3.63) is 89.2 Å². The number of aryl methyl sites for hydroxylation is 1. The number of aromatic nitrogens is 2. The quantitative estimate of drug-likeness (QED) is 0.581. The van der Waals surface area contributed by atoms with Gasteiger partial charge in [0.1, 0.15) is 0 Å². The van der Waals surface area contributed by atoms with Crippen molar-refractivity contribution < 1.29 is 4.79 Å². The van der Waals surface area contributed by atoms with Gasteiger partial charge in [0.15, 0.2) is 0 Å². The topological polar surface area (TPSA) is 59.3 Å². The summed E-state index contributed by atoms with van der Waals surface area (Å²) in [7, 11) is 0. The van der Waals surface area contributed by atoms with E-state index in [0.29, 0.717) is 12.1 Å². The monoisotopic (exact) mass is 318 g/mol. The maximum absolute atomic E-state index is 12.2. The standard InChI is InChI=1S/C19H18N4O/c1-15-6-8-16(9-7-15)13-20-22-19(24)18-5-2-4-17(12-18)14-23-11-3-10-21-23/h2-13H,14H2,1H3,(H,22,24)/b20-13-. The van der Waals surface area contributed by atoms with Gasteiger partial charge in [-0.05, 0) is 36.2 Å². The molecule has 0 unspecified atom stereocenters. The van der Waals surface area contributed by atoms with E-state index in [0.717, 1.165) is 11.1 Å². The summed E-state index contributed by atoms with van der Waals surface area (Å²) < 4.78 is 1.81. The third-order valence-electron chi connectivity index (χ3n) is 3.55. The van der Waals surface area contributed by atoms with Crippen LogP contribution in [0.25, 0.3) is 0 Å². The van der Waals surface area contributed by atoms with E-state index < -0.39 is 0 Å². The van der Waals surface area contributed by atoms with Crippen molar-refractivity contribution in [3.63, 3.8) is 0 Å². The summed E-state index contributed by atoms with van der Waals surface area (Å²) in [4.78, 5) is 12.2. The highest BCUT2D eigenvalue weighted by Gasteiger charge is 2.05. The van der Waals surface area contributed by atoms with Crippen LogP contribution in [0.15, 0.2) is 72.1 Å². The van der Waals surface area contributed by atoms with E-state index in [2.05, 4.69) is 15.6 Å². The molecule has 2 aromatic carbocycles. The summed E-state index contributed by atoms with van der Waals surface area (Å²) in [6, 6.07) is 17.2. The lowest BCUT2D eigenvalue weighted by atomic mass is 10.1. The Morgan fingerprint density at radius 1 is 1.21 bits per heavy atom. The lowest BCUT2D eigenvalue weighted by molar-refractivity contribution is 0.0955. The summed E-state index contributed by atoms with van der Waals surface area (Å²) in [5.41, 5.74) is 6.26. The fourth-order valence-corrected chi connectivity index (χ4v) is 2.27. The lowest BCUT2D eigenvalue weighted by Crippen LogP contribution is -2.18. The molecule has 3 rings (SSSR count). The molecular formula is C19H18N4O. The molecular weight excluding hydrogens is 300 g/mol. The number of amides is 1. The molecule has 0 aliphatic heterocycles. The molecule has 0 saturated heterocycles. The van der Waals surface area contributed by atoms with E-state index in [1.807, 2.05) is 66.3 Å². The van der Waals surface area contributed by atoms with Crippen LogP contribution in [0.3, 0.4) is 0 Å². The molecule has 0 spiro atoms. The van der Waals surface area contributed by atoms with Crippen molar-refractivity contribution in [2.24, 2.45) is 5.10 Å². The predicted octanol–water partition coefficient (Wildman–Crippen LogP) is 3.00. The molecule has 1 N–H and O–H groups in total. The molecule has 3 aromatic rings. The molecule has 0 saturated carbocycles. The number of nitrogens with zero attached hydrogens (tertiary/aromatic N) is 3. The van der Waals surface area contributed by atoms with Crippen LogP contribution in [0.4, 0.5) is 0 Å². The highest BCUT2D eigenvalue weighted by atomic mass is 16.2. The molecule has 0 aliphatic rings. The number of benzene rings is 2. The van der Waals surface area contributed by atoms with Crippen molar-refractivity contribution in [1.82, 2.24) is 15.2 Å². The summed E-state index contributed by atoms with van der Waals surface area (Å²) in [6.45, 7) is 2.65. The average Bonchev–Trinajstić information content (AvgIpc) is 3.10. The van der Waals surface area contributed by atoms with E-state index in [-0.39, 0.29) is 5.91 Å². The van der Waals surface area contributed by atoms with Crippen LogP contribution in [-0.2, 0) is 6.54 Å². The van der Waals surface area contributed by atoms with Gasteiger partial charge < -0.3 is 0 Å². The van der Waals surface area contributed by atoms with Crippen molar-refractivity contribution in [3.8, 4) is 0 Å². The number of nitrogens with one attached hydrogen (secondary N) is 1. The molecule has 5 heteroatoms. The minimum Gasteiger partial charge on any atom is -0.268 e. The number of carbonyl (C=O) groups is 1. The third kappa shape index (κ3) is 4.16. The van der Waals surface area contributed by atoms with Crippen molar-refractivity contribution in [1.29, 1.82) is 0 Å². The van der Waals surface area contributed by atoms with Crippen LogP contribution in [0.2, 0.25) is 0 Å². The first-order valence-electron chi connectivity index (χ1n) is 7.67. The van der Waals surface area contributed by atoms with Crippen LogP contribution in [0.5, 0.6) is 0 Å². The zero-order valence-electron chi connectivity index (χ0n) is 13.4. The van der Waals surface area contributed by atoms with Crippen LogP contribution in [0.1, 0.15) is 27.0 Å². The largest absolute Gasteiger partial charge is 0.271 e. The highest BCUT2D eigenvalue weighted by molar-refractivity contribution is 5.95. The molecule has 0 atom stereocenters. The predicted molar refractivity (Wildman–Crippen MR) is 94.0 cm³/mol. The smallest absolute Gasteiger partial charge is 0.268 e. The first-order valence-corrected chi connectivity index (χ1v) is 7.67. The van der Waals surface area contributed by atoms with Gasteiger partial charge in [-0.15, -0.1) is 0 Å². The molecule has 0 fully saturated rings. The Bertz CT molecular complexity index is 836. The van der Waals surface area contributed by atoms with E-state index in [1.54, 1.807) is 18.5 Å². The van der Waals surface area contributed by atoms with Crippen LogP contribution >= 0.6 is 0 Å². The van der Waals surface area contributed by atoms with Crippen molar-refractivity contribution >= 4 is 12.1 Å². The normalized spacial score (nSPS) is 10.9. The van der Waals surface area contributed by atoms with Crippen molar-refractivity contribution in [2.75, 3.05) is 0 Å². The zero-order valence-corrected chi connectivity index (χ0v) is 13.4. The second-order valence-electron chi connectivity index (χ2n) is 5.51. The molecule has 1 aromatic heterocycles. The zero-order chi connectivity index (χ0) is 16.8. The van der Waals surface area contributed by atoms with Gasteiger partial charge in [-0.2, -0.15) is 10.2 Å². The number of carbonyl (C=O) groups excluding carboxylic acids is 1. The van der Waals surface area contributed by atoms with Crippen molar-refractivity contribution in [2.45, 2.75) is 13.5 Å². The van der Waals surface area contributed by atoms with Gasteiger partial charge in [0, 0.05) is 18.0 Å². The second kappa shape index (κ2) is 7.37. The first-order chi connectivity index (χ1) is 11.7. The maximum Gasteiger partial charge on any atom is 0.271 e. The molecule has 0 radical (unpaired) electrons. The Balaban J connectivity index is 1.63. The Labute approximate surface area is 140 Å². The summed E-state index contributed by atoms with van der Waals surface area (Å²) in [6.07, 6.45) is 5.25. The molecule has 1 heterocycles. The van der Waals surface area contributed by atoms with E-state index in [1.165, 1.54) is 5.56 Å². The van der Waals surface area contributed by atoms with Gasteiger partial charge in [0.05, 0.1) is 12.8 Å². The van der Waals surface area contributed by atoms with Crippen LogP contribution < -0.4 is 5.43 Å². The SMILES string of the molecule is Cc1ccc(/C=N\NC(=O)c2cccc(Cn3cccn3)c2)cc1. The molecule has 5 nitrogen and oxygen atoms in total. The average molecular weight is 318 g/mol. The van der Waals surface area contributed by atoms with Gasteiger partial charge in [0.2, 0.25) is 0 Å². The number of hydrogen-bond donors (Lipinski definition) is 1. The van der Waals surface area contributed by atoms with Gasteiger partial charge in [-0.1, -0.05) is 42.0 Å². The molecule has 120 valence electrons.